The molecule has 2 N–H and O–H groups in total. The number of hydrogen-bond acceptors (Lipinski definition) is 8. The van der Waals surface area contributed by atoms with Gasteiger partial charge in [0.1, 0.15) is 11.9 Å². The Kier molecular flexibility index (Phi) is 8.62. The lowest BCUT2D eigenvalue weighted by molar-refractivity contribution is -0.154. The maximum Gasteiger partial charge on any atom is 0.309 e. The zero-order chi connectivity index (χ0) is 26.1. The number of aromatic nitrogens is 1. The Morgan fingerprint density at radius 2 is 1.91 bits per heavy atom. The Labute approximate surface area is 212 Å². The molecule has 0 aromatic carbocycles. The van der Waals surface area contributed by atoms with E-state index in [2.05, 4.69) is 11.9 Å². The average molecular weight is 508 g/mol. The van der Waals surface area contributed by atoms with Gasteiger partial charge in [-0.25, -0.2) is 4.98 Å². The van der Waals surface area contributed by atoms with E-state index in [-0.39, 0.29) is 29.8 Å². The molecule has 2 fully saturated rings. The van der Waals surface area contributed by atoms with E-state index < -0.39 is 35.6 Å². The zero-order valence-electron chi connectivity index (χ0n) is 22.0. The number of thiazole rings is 1. The van der Waals surface area contributed by atoms with E-state index in [0.717, 1.165) is 35.5 Å². The van der Waals surface area contributed by atoms with Gasteiger partial charge in [-0.15, -0.1) is 11.3 Å². The van der Waals surface area contributed by atoms with Crippen LogP contribution in [0.1, 0.15) is 84.3 Å². The molecule has 35 heavy (non-hydrogen) atoms. The van der Waals surface area contributed by atoms with E-state index in [1.165, 1.54) is 0 Å². The van der Waals surface area contributed by atoms with Crippen LogP contribution >= 0.6 is 11.3 Å². The highest BCUT2D eigenvalue weighted by molar-refractivity contribution is 7.09. The fourth-order valence-electron chi connectivity index (χ4n) is 5.07. The first kappa shape index (κ1) is 28.0. The first-order valence-electron chi connectivity index (χ1n) is 12.6. The van der Waals surface area contributed by atoms with Crippen molar-refractivity contribution in [3.8, 4) is 0 Å². The van der Waals surface area contributed by atoms with Crippen LogP contribution in [-0.2, 0) is 19.1 Å². The van der Waals surface area contributed by atoms with Crippen molar-refractivity contribution in [1.82, 2.24) is 4.98 Å². The predicted octanol–water partition coefficient (Wildman–Crippen LogP) is 4.48. The van der Waals surface area contributed by atoms with Crippen molar-refractivity contribution in [2.45, 2.75) is 111 Å². The largest absolute Gasteiger partial charge is 0.458 e. The van der Waals surface area contributed by atoms with Gasteiger partial charge in [-0.1, -0.05) is 34.1 Å². The van der Waals surface area contributed by atoms with Crippen molar-refractivity contribution in [2.24, 2.45) is 17.3 Å². The molecule has 7 atom stereocenters. The second kappa shape index (κ2) is 10.8. The van der Waals surface area contributed by atoms with Crippen LogP contribution in [0.3, 0.4) is 0 Å². The fourth-order valence-corrected chi connectivity index (χ4v) is 5.64. The second-order valence-corrected chi connectivity index (χ2v) is 12.3. The summed E-state index contributed by atoms with van der Waals surface area (Å²) in [6, 6.07) is 0. The molecule has 0 radical (unpaired) electrons. The molecule has 1 aromatic heterocycles. The van der Waals surface area contributed by atoms with Crippen LogP contribution in [0.2, 0.25) is 0 Å². The molecular formula is C27H41NO6S. The normalized spacial score (nSPS) is 37.5. The van der Waals surface area contributed by atoms with E-state index in [9.17, 15) is 19.8 Å². The van der Waals surface area contributed by atoms with Crippen molar-refractivity contribution >= 4 is 29.2 Å². The number of ether oxygens (including phenoxy) is 2. The van der Waals surface area contributed by atoms with Crippen LogP contribution in [0.25, 0.3) is 6.08 Å². The summed E-state index contributed by atoms with van der Waals surface area (Å²) >= 11 is 1.56. The molecule has 0 amide bonds. The maximum atomic E-state index is 13.2. The molecule has 3 heterocycles. The number of Topliss-reactive ketones (excluding diaryl/α,β-unsaturated/α-hetero) is 1. The van der Waals surface area contributed by atoms with E-state index in [4.69, 9.17) is 9.47 Å². The predicted molar refractivity (Wildman–Crippen MR) is 136 cm³/mol. The first-order chi connectivity index (χ1) is 16.2. The molecule has 1 aromatic rings. The number of aliphatic hydroxyl groups excluding tert-OH is 2. The standard InChI is InChI=1S/C27H41NO6S/c1-15-9-8-10-27(7)22(34-27)12-20(16(2)11-19-14-35-18(4)28-19)33-23(30)13-21(29)26(5,6)25(32)17(3)24(15)31/h11,14-15,17,20-22,24,29,31H,8-10,12-13H2,1-7H3/b16-11-/t15-,17+,20-,21-,22-,24-,27+/m1/s1. The number of fused-ring (bicyclic) bond motifs is 1. The van der Waals surface area contributed by atoms with Gasteiger partial charge in [-0.3, -0.25) is 9.59 Å². The van der Waals surface area contributed by atoms with Crippen molar-refractivity contribution in [3.63, 3.8) is 0 Å². The molecule has 0 spiro atoms. The van der Waals surface area contributed by atoms with Crippen molar-refractivity contribution in [1.29, 1.82) is 0 Å². The number of aliphatic hydroxyl groups is 2. The molecule has 196 valence electrons. The summed E-state index contributed by atoms with van der Waals surface area (Å²) in [6.45, 7) is 12.8. The highest BCUT2D eigenvalue weighted by atomic mass is 32.1. The molecule has 0 unspecified atom stereocenters. The third-order valence-electron chi connectivity index (χ3n) is 7.93. The lowest BCUT2D eigenvalue weighted by Crippen LogP contribution is -2.45. The van der Waals surface area contributed by atoms with Gasteiger partial charge in [0.2, 0.25) is 0 Å². The van der Waals surface area contributed by atoms with E-state index in [0.29, 0.717) is 6.42 Å². The van der Waals surface area contributed by atoms with Gasteiger partial charge in [0.05, 0.1) is 46.5 Å². The third-order valence-corrected chi connectivity index (χ3v) is 8.72. The number of esters is 1. The van der Waals surface area contributed by atoms with Crippen LogP contribution in [0.15, 0.2) is 11.0 Å². The molecule has 0 bridgehead atoms. The third kappa shape index (κ3) is 6.59. The summed E-state index contributed by atoms with van der Waals surface area (Å²) in [7, 11) is 0. The molecule has 2 aliphatic heterocycles. The molecule has 2 aliphatic rings. The molecular weight excluding hydrogens is 466 g/mol. The number of hydrogen-bond donors (Lipinski definition) is 2. The van der Waals surface area contributed by atoms with Crippen LogP contribution in [-0.4, -0.2) is 57.0 Å². The smallest absolute Gasteiger partial charge is 0.309 e. The number of carbonyl (C=O) groups is 2. The summed E-state index contributed by atoms with van der Waals surface area (Å²) < 4.78 is 11.9. The van der Waals surface area contributed by atoms with Crippen LogP contribution in [0.5, 0.6) is 0 Å². The van der Waals surface area contributed by atoms with Gasteiger partial charge in [-0.05, 0) is 51.2 Å². The Morgan fingerprint density at radius 1 is 1.23 bits per heavy atom. The molecule has 0 saturated carbocycles. The number of aryl methyl sites for hydroxylation is 1. The number of nitrogens with zero attached hydrogens (tertiary/aromatic N) is 1. The summed E-state index contributed by atoms with van der Waals surface area (Å²) in [5.74, 6) is -1.55. The lowest BCUT2D eigenvalue weighted by Gasteiger charge is -2.34. The van der Waals surface area contributed by atoms with Gasteiger partial charge < -0.3 is 19.7 Å². The number of rotatable bonds is 2. The summed E-state index contributed by atoms with van der Waals surface area (Å²) in [6.07, 6.45) is 1.98. The minimum atomic E-state index is -1.23. The summed E-state index contributed by atoms with van der Waals surface area (Å²) in [5.41, 5.74) is 0.179. The van der Waals surface area contributed by atoms with Gasteiger partial charge in [0.15, 0.2) is 0 Å². The number of cyclic esters (lactones) is 1. The topological polar surface area (TPSA) is 109 Å². The summed E-state index contributed by atoms with van der Waals surface area (Å²) in [5, 5.41) is 24.6. The molecule has 8 heteroatoms. The SMILES string of the molecule is C/C(=C/c1csc(C)n1)[C@H]1C[C@H]2O[C@@]2(C)CCC[C@@H](C)[C@@H](O)[C@H](C)C(=O)C(C)(C)[C@H](O)CC(=O)O1. The minimum Gasteiger partial charge on any atom is -0.458 e. The van der Waals surface area contributed by atoms with E-state index >= 15 is 0 Å². The van der Waals surface area contributed by atoms with Crippen LogP contribution < -0.4 is 0 Å². The second-order valence-electron chi connectivity index (χ2n) is 11.3. The van der Waals surface area contributed by atoms with Gasteiger partial charge in [0, 0.05) is 17.7 Å². The van der Waals surface area contributed by atoms with Gasteiger partial charge >= 0.3 is 5.97 Å². The van der Waals surface area contributed by atoms with E-state index in [1.54, 1.807) is 32.1 Å². The zero-order valence-corrected chi connectivity index (χ0v) is 22.9. The highest BCUT2D eigenvalue weighted by Crippen LogP contribution is 2.45. The van der Waals surface area contributed by atoms with Crippen LogP contribution in [0, 0.1) is 24.2 Å². The Hall–Kier alpha value is -1.61. The maximum absolute atomic E-state index is 13.2. The van der Waals surface area contributed by atoms with Crippen molar-refractivity contribution < 1.29 is 29.3 Å². The lowest BCUT2D eigenvalue weighted by atomic mass is 9.73. The molecule has 7 nitrogen and oxygen atoms in total. The molecule has 3 rings (SSSR count). The Morgan fingerprint density at radius 3 is 2.54 bits per heavy atom. The highest BCUT2D eigenvalue weighted by Gasteiger charge is 2.53. The monoisotopic (exact) mass is 507 g/mol. The summed E-state index contributed by atoms with van der Waals surface area (Å²) in [4.78, 5) is 30.6. The molecule has 2 saturated heterocycles. The quantitative estimate of drug-likeness (QED) is 0.449. The minimum absolute atomic E-state index is 0.0455. The fraction of sp³-hybridized carbons (Fsp3) is 0.741. The van der Waals surface area contributed by atoms with Crippen molar-refractivity contribution in [3.05, 3.63) is 21.7 Å². The first-order valence-corrected chi connectivity index (χ1v) is 13.5. The Balaban J connectivity index is 1.85. The number of carbonyl (C=O) groups excluding carboxylic acids is 2. The van der Waals surface area contributed by atoms with Crippen molar-refractivity contribution in [2.75, 3.05) is 0 Å². The van der Waals surface area contributed by atoms with Gasteiger partial charge in [0.25, 0.3) is 0 Å². The number of epoxide rings is 1. The van der Waals surface area contributed by atoms with Crippen LogP contribution in [0.4, 0.5) is 0 Å². The van der Waals surface area contributed by atoms with Gasteiger partial charge in [-0.2, -0.15) is 0 Å². The molecule has 0 aliphatic carbocycles. The average Bonchev–Trinajstić information content (AvgIpc) is 3.22. The van der Waals surface area contributed by atoms with E-state index in [1.807, 2.05) is 32.2 Å². The Bertz CT molecular complexity index is 955. The number of ketones is 1.